The second-order valence-electron chi connectivity index (χ2n) is 3.42. The first kappa shape index (κ1) is 14.9. The standard InChI is InChI=1S/C10H18O.C2H6/c1-6-7-10(5,8(2)3)9(4)11;1-2/h2,6-7H2,1,3-5H3;1-2H3. The zero-order valence-electron chi connectivity index (χ0n) is 10.0. The lowest BCUT2D eigenvalue weighted by Crippen LogP contribution is -2.26. The molecule has 1 nitrogen and oxygen atoms in total. The Morgan fingerprint density at radius 1 is 1.31 bits per heavy atom. The van der Waals surface area contributed by atoms with Gasteiger partial charge >= 0.3 is 0 Å². The molecule has 13 heavy (non-hydrogen) atoms. The van der Waals surface area contributed by atoms with E-state index in [1.54, 1.807) is 6.92 Å². The van der Waals surface area contributed by atoms with Crippen LogP contribution in [0.2, 0.25) is 0 Å². The normalized spacial score (nSPS) is 13.7. The van der Waals surface area contributed by atoms with Crippen LogP contribution in [-0.4, -0.2) is 5.78 Å². The Hall–Kier alpha value is -0.590. The molecule has 0 aromatic carbocycles. The van der Waals surface area contributed by atoms with E-state index >= 15 is 0 Å². The molecule has 0 rings (SSSR count). The summed E-state index contributed by atoms with van der Waals surface area (Å²) in [6.07, 6.45) is 1.95. The highest BCUT2D eigenvalue weighted by atomic mass is 16.1. The number of carbonyl (C=O) groups is 1. The summed E-state index contributed by atoms with van der Waals surface area (Å²) < 4.78 is 0. The fourth-order valence-electron chi connectivity index (χ4n) is 1.19. The number of hydrogen-bond acceptors (Lipinski definition) is 1. The molecule has 0 aromatic rings. The van der Waals surface area contributed by atoms with Crippen molar-refractivity contribution in [1.82, 2.24) is 0 Å². The molecule has 0 heterocycles. The van der Waals surface area contributed by atoms with E-state index in [2.05, 4.69) is 13.5 Å². The van der Waals surface area contributed by atoms with Gasteiger partial charge in [-0.3, -0.25) is 4.79 Å². The van der Waals surface area contributed by atoms with Crippen molar-refractivity contribution in [2.45, 2.75) is 54.4 Å². The molecule has 0 aromatic heterocycles. The van der Waals surface area contributed by atoms with Crippen molar-refractivity contribution >= 4 is 5.78 Å². The molecular weight excluding hydrogens is 160 g/mol. The van der Waals surface area contributed by atoms with E-state index in [9.17, 15) is 4.79 Å². The van der Waals surface area contributed by atoms with Crippen LogP contribution in [0.5, 0.6) is 0 Å². The van der Waals surface area contributed by atoms with Crippen LogP contribution in [0.15, 0.2) is 12.2 Å². The van der Waals surface area contributed by atoms with Crippen molar-refractivity contribution in [2.24, 2.45) is 5.41 Å². The maximum absolute atomic E-state index is 11.2. The maximum Gasteiger partial charge on any atom is 0.139 e. The number of ketones is 1. The fraction of sp³-hybridized carbons (Fsp3) is 0.750. The van der Waals surface area contributed by atoms with Crippen molar-refractivity contribution in [3.63, 3.8) is 0 Å². The third-order valence-corrected chi connectivity index (χ3v) is 2.47. The zero-order chi connectivity index (χ0) is 11.1. The van der Waals surface area contributed by atoms with E-state index in [0.717, 1.165) is 18.4 Å². The number of allylic oxidation sites excluding steroid dienone is 1. The number of rotatable bonds is 4. The van der Waals surface area contributed by atoms with Gasteiger partial charge in [0.25, 0.3) is 0 Å². The lowest BCUT2D eigenvalue weighted by Gasteiger charge is -2.26. The van der Waals surface area contributed by atoms with Gasteiger partial charge in [0, 0.05) is 5.41 Å². The second kappa shape index (κ2) is 6.88. The molecule has 0 bridgehead atoms. The SMILES string of the molecule is C=C(C)C(C)(CCC)C(C)=O.CC. The molecule has 0 N–H and O–H groups in total. The van der Waals surface area contributed by atoms with Gasteiger partial charge in [-0.2, -0.15) is 0 Å². The minimum Gasteiger partial charge on any atom is -0.299 e. The van der Waals surface area contributed by atoms with E-state index in [4.69, 9.17) is 0 Å². The summed E-state index contributed by atoms with van der Waals surface area (Å²) in [6, 6.07) is 0. The lowest BCUT2D eigenvalue weighted by molar-refractivity contribution is -0.124. The van der Waals surface area contributed by atoms with E-state index in [0.29, 0.717) is 0 Å². The van der Waals surface area contributed by atoms with Gasteiger partial charge in [-0.05, 0) is 27.2 Å². The van der Waals surface area contributed by atoms with Crippen molar-refractivity contribution in [1.29, 1.82) is 0 Å². The third-order valence-electron chi connectivity index (χ3n) is 2.47. The highest BCUT2D eigenvalue weighted by Gasteiger charge is 2.29. The van der Waals surface area contributed by atoms with Crippen molar-refractivity contribution in [2.75, 3.05) is 0 Å². The molecule has 0 radical (unpaired) electrons. The molecule has 0 aliphatic heterocycles. The Bertz CT molecular complexity index is 154. The second-order valence-corrected chi connectivity index (χ2v) is 3.42. The first-order valence-corrected chi connectivity index (χ1v) is 5.12. The van der Waals surface area contributed by atoms with Crippen LogP contribution in [0.25, 0.3) is 0 Å². The maximum atomic E-state index is 11.2. The van der Waals surface area contributed by atoms with E-state index < -0.39 is 0 Å². The number of hydrogen-bond donors (Lipinski definition) is 0. The zero-order valence-corrected chi connectivity index (χ0v) is 10.0. The van der Waals surface area contributed by atoms with Gasteiger partial charge in [0.05, 0.1) is 0 Å². The van der Waals surface area contributed by atoms with Gasteiger partial charge in [0.1, 0.15) is 5.78 Å². The molecule has 0 aliphatic carbocycles. The molecule has 0 saturated heterocycles. The smallest absolute Gasteiger partial charge is 0.139 e. The topological polar surface area (TPSA) is 17.1 Å². The summed E-state index contributed by atoms with van der Waals surface area (Å²) in [4.78, 5) is 11.2. The minimum absolute atomic E-state index is 0.229. The lowest BCUT2D eigenvalue weighted by atomic mass is 9.76. The predicted molar refractivity (Wildman–Crippen MR) is 59.9 cm³/mol. The van der Waals surface area contributed by atoms with Crippen LogP contribution in [-0.2, 0) is 4.79 Å². The summed E-state index contributed by atoms with van der Waals surface area (Å²) in [5, 5.41) is 0. The number of Topliss-reactive ketones (excluding diaryl/α,β-unsaturated/α-hetero) is 1. The van der Waals surface area contributed by atoms with Crippen molar-refractivity contribution in [3.05, 3.63) is 12.2 Å². The summed E-state index contributed by atoms with van der Waals surface area (Å²) in [7, 11) is 0. The van der Waals surface area contributed by atoms with Gasteiger partial charge in [-0.15, -0.1) is 0 Å². The summed E-state index contributed by atoms with van der Waals surface area (Å²) in [5.74, 6) is 0.229. The Morgan fingerprint density at radius 2 is 1.69 bits per heavy atom. The molecule has 0 saturated carbocycles. The highest BCUT2D eigenvalue weighted by molar-refractivity contribution is 5.84. The van der Waals surface area contributed by atoms with Crippen molar-refractivity contribution in [3.8, 4) is 0 Å². The van der Waals surface area contributed by atoms with Gasteiger partial charge in [0.2, 0.25) is 0 Å². The van der Waals surface area contributed by atoms with E-state index in [-0.39, 0.29) is 11.2 Å². The fourth-order valence-corrected chi connectivity index (χ4v) is 1.19. The molecule has 0 spiro atoms. The average Bonchev–Trinajstić information content (AvgIpc) is 2.07. The largest absolute Gasteiger partial charge is 0.299 e. The first-order chi connectivity index (χ1) is 5.95. The highest BCUT2D eigenvalue weighted by Crippen LogP contribution is 2.31. The molecular formula is C12H24O. The van der Waals surface area contributed by atoms with Gasteiger partial charge < -0.3 is 0 Å². The van der Waals surface area contributed by atoms with Gasteiger partial charge in [-0.1, -0.05) is 39.3 Å². The summed E-state index contributed by atoms with van der Waals surface area (Å²) in [6.45, 7) is 15.5. The van der Waals surface area contributed by atoms with Crippen LogP contribution in [0.1, 0.15) is 54.4 Å². The Morgan fingerprint density at radius 3 is 1.77 bits per heavy atom. The van der Waals surface area contributed by atoms with Gasteiger partial charge in [-0.25, -0.2) is 0 Å². The molecule has 0 amide bonds. The Balaban J connectivity index is 0. The van der Waals surface area contributed by atoms with Crippen LogP contribution in [0, 0.1) is 5.41 Å². The molecule has 0 fully saturated rings. The third kappa shape index (κ3) is 4.25. The van der Waals surface area contributed by atoms with E-state index in [1.807, 2.05) is 27.7 Å². The molecule has 1 unspecified atom stereocenters. The summed E-state index contributed by atoms with van der Waals surface area (Å²) in [5.41, 5.74) is 0.696. The van der Waals surface area contributed by atoms with Crippen molar-refractivity contribution < 1.29 is 4.79 Å². The average molecular weight is 184 g/mol. The molecule has 78 valence electrons. The predicted octanol–water partition coefficient (Wildman–Crippen LogP) is 3.98. The summed E-state index contributed by atoms with van der Waals surface area (Å²) >= 11 is 0. The van der Waals surface area contributed by atoms with Crippen LogP contribution < -0.4 is 0 Å². The van der Waals surface area contributed by atoms with Crippen LogP contribution in [0.4, 0.5) is 0 Å². The van der Waals surface area contributed by atoms with Crippen LogP contribution in [0.3, 0.4) is 0 Å². The van der Waals surface area contributed by atoms with E-state index in [1.165, 1.54) is 0 Å². The van der Waals surface area contributed by atoms with Gasteiger partial charge in [0.15, 0.2) is 0 Å². The first-order valence-electron chi connectivity index (χ1n) is 5.12. The minimum atomic E-state index is -0.283. The van der Waals surface area contributed by atoms with Crippen LogP contribution >= 0.6 is 0 Å². The number of carbonyl (C=O) groups excluding carboxylic acids is 1. The molecule has 1 heteroatoms. The monoisotopic (exact) mass is 184 g/mol. The molecule has 1 atom stereocenters. The quantitative estimate of drug-likeness (QED) is 0.604. The molecule has 0 aliphatic rings. The Labute approximate surface area is 83.2 Å². The Kier molecular flexibility index (Phi) is 7.89.